The van der Waals surface area contributed by atoms with Gasteiger partial charge in [-0.25, -0.2) is 4.79 Å². The predicted octanol–water partition coefficient (Wildman–Crippen LogP) is 4.23. The standard InChI is InChI=1S/C19H31N5O/c1-4-6-7-8-12-15(3)20-19(25)21-16(11-5-2)18-23-22-17-13-9-10-14-24(17)18/h9-10,13-16H,4-8,11-12H2,1-3H3,(H2,20,21,25). The third-order valence-electron chi connectivity index (χ3n) is 4.40. The number of aromatic nitrogens is 3. The van der Waals surface area contributed by atoms with E-state index in [1.54, 1.807) is 0 Å². The zero-order valence-corrected chi connectivity index (χ0v) is 15.7. The van der Waals surface area contributed by atoms with Crippen LogP contribution >= 0.6 is 0 Å². The summed E-state index contributed by atoms with van der Waals surface area (Å²) in [4.78, 5) is 12.4. The zero-order chi connectivity index (χ0) is 18.1. The first kappa shape index (κ1) is 19.2. The van der Waals surface area contributed by atoms with Gasteiger partial charge in [0.1, 0.15) is 0 Å². The van der Waals surface area contributed by atoms with Crippen LogP contribution in [0.25, 0.3) is 5.65 Å². The van der Waals surface area contributed by atoms with Gasteiger partial charge in [0.25, 0.3) is 0 Å². The first-order valence-corrected chi connectivity index (χ1v) is 9.52. The highest BCUT2D eigenvalue weighted by Gasteiger charge is 2.20. The molecule has 2 N–H and O–H groups in total. The minimum Gasteiger partial charge on any atom is -0.336 e. The molecule has 0 saturated heterocycles. The summed E-state index contributed by atoms with van der Waals surface area (Å²) in [7, 11) is 0. The molecule has 0 radical (unpaired) electrons. The number of hydrogen-bond acceptors (Lipinski definition) is 3. The van der Waals surface area contributed by atoms with Crippen LogP contribution in [0.1, 0.15) is 77.6 Å². The van der Waals surface area contributed by atoms with E-state index in [9.17, 15) is 4.79 Å². The van der Waals surface area contributed by atoms with E-state index in [0.29, 0.717) is 0 Å². The second-order valence-electron chi connectivity index (χ2n) is 6.70. The van der Waals surface area contributed by atoms with E-state index in [1.165, 1.54) is 19.3 Å². The van der Waals surface area contributed by atoms with E-state index in [-0.39, 0.29) is 18.1 Å². The smallest absolute Gasteiger partial charge is 0.315 e. The lowest BCUT2D eigenvalue weighted by molar-refractivity contribution is 0.231. The molecule has 6 nitrogen and oxygen atoms in total. The molecule has 0 bridgehead atoms. The second kappa shape index (κ2) is 10.0. The molecule has 6 heteroatoms. The van der Waals surface area contributed by atoms with Crippen molar-refractivity contribution in [3.05, 3.63) is 30.2 Å². The minimum atomic E-state index is -0.144. The first-order chi connectivity index (χ1) is 12.2. The van der Waals surface area contributed by atoms with Gasteiger partial charge in [0.2, 0.25) is 0 Å². The van der Waals surface area contributed by atoms with Crippen LogP contribution in [0.4, 0.5) is 4.79 Å². The number of amides is 2. The number of urea groups is 1. The summed E-state index contributed by atoms with van der Waals surface area (Å²) in [5, 5.41) is 14.6. The van der Waals surface area contributed by atoms with Gasteiger partial charge in [-0.05, 0) is 31.9 Å². The second-order valence-corrected chi connectivity index (χ2v) is 6.70. The number of rotatable bonds is 10. The lowest BCUT2D eigenvalue weighted by atomic mass is 10.1. The van der Waals surface area contributed by atoms with Crippen LogP contribution in [0, 0.1) is 0 Å². The number of nitrogens with zero attached hydrogens (tertiary/aromatic N) is 3. The van der Waals surface area contributed by atoms with Gasteiger partial charge in [-0.15, -0.1) is 10.2 Å². The Morgan fingerprint density at radius 1 is 1.08 bits per heavy atom. The summed E-state index contributed by atoms with van der Waals surface area (Å²) in [6.45, 7) is 6.37. The number of carbonyl (C=O) groups is 1. The van der Waals surface area contributed by atoms with Crippen molar-refractivity contribution in [2.24, 2.45) is 0 Å². The summed E-state index contributed by atoms with van der Waals surface area (Å²) >= 11 is 0. The van der Waals surface area contributed by atoms with Crippen molar-refractivity contribution in [2.45, 2.75) is 77.8 Å². The van der Waals surface area contributed by atoms with Gasteiger partial charge in [0.15, 0.2) is 11.5 Å². The van der Waals surface area contributed by atoms with Crippen molar-refractivity contribution in [2.75, 3.05) is 0 Å². The number of pyridine rings is 1. The van der Waals surface area contributed by atoms with E-state index >= 15 is 0 Å². The quantitative estimate of drug-likeness (QED) is 0.633. The Hall–Kier alpha value is -2.11. The summed E-state index contributed by atoms with van der Waals surface area (Å²) in [6, 6.07) is 5.69. The largest absolute Gasteiger partial charge is 0.336 e. The molecule has 0 aliphatic carbocycles. The summed E-state index contributed by atoms with van der Waals surface area (Å²) in [6.07, 6.45) is 9.61. The Kier molecular flexibility index (Phi) is 7.70. The van der Waals surface area contributed by atoms with E-state index in [1.807, 2.05) is 28.8 Å². The van der Waals surface area contributed by atoms with Gasteiger partial charge < -0.3 is 10.6 Å². The molecule has 0 aliphatic rings. The summed E-state index contributed by atoms with van der Waals surface area (Å²) < 4.78 is 1.94. The van der Waals surface area contributed by atoms with Crippen LogP contribution in [0.2, 0.25) is 0 Å². The van der Waals surface area contributed by atoms with Gasteiger partial charge >= 0.3 is 6.03 Å². The highest BCUT2D eigenvalue weighted by molar-refractivity contribution is 5.74. The fourth-order valence-electron chi connectivity index (χ4n) is 3.03. The fourth-order valence-corrected chi connectivity index (χ4v) is 3.03. The van der Waals surface area contributed by atoms with Gasteiger partial charge in [-0.3, -0.25) is 4.40 Å². The average molecular weight is 345 g/mol. The van der Waals surface area contributed by atoms with Crippen molar-refractivity contribution in [3.63, 3.8) is 0 Å². The fraction of sp³-hybridized carbons (Fsp3) is 0.632. The highest BCUT2D eigenvalue weighted by atomic mass is 16.2. The maximum absolute atomic E-state index is 12.4. The molecule has 138 valence electrons. The van der Waals surface area contributed by atoms with Crippen molar-refractivity contribution in [1.29, 1.82) is 0 Å². The third-order valence-corrected chi connectivity index (χ3v) is 4.40. The Labute approximate surface area is 150 Å². The Balaban J connectivity index is 1.93. The van der Waals surface area contributed by atoms with Gasteiger partial charge in [-0.2, -0.15) is 0 Å². The number of carbonyl (C=O) groups excluding carboxylic acids is 1. The predicted molar refractivity (Wildman–Crippen MR) is 101 cm³/mol. The number of unbranched alkanes of at least 4 members (excludes halogenated alkanes) is 3. The maximum Gasteiger partial charge on any atom is 0.315 e. The van der Waals surface area contributed by atoms with E-state index in [2.05, 4.69) is 41.6 Å². The normalized spacial score (nSPS) is 13.6. The number of fused-ring (bicyclic) bond motifs is 1. The van der Waals surface area contributed by atoms with Gasteiger partial charge in [0, 0.05) is 12.2 Å². The van der Waals surface area contributed by atoms with Crippen LogP contribution in [-0.4, -0.2) is 26.7 Å². The Morgan fingerprint density at radius 2 is 1.92 bits per heavy atom. The monoisotopic (exact) mass is 345 g/mol. The van der Waals surface area contributed by atoms with Crippen molar-refractivity contribution in [1.82, 2.24) is 25.2 Å². The van der Waals surface area contributed by atoms with Gasteiger partial charge in [-0.1, -0.05) is 52.0 Å². The molecule has 0 aromatic carbocycles. The maximum atomic E-state index is 12.4. The molecule has 2 amide bonds. The molecular formula is C19H31N5O. The molecule has 0 saturated carbocycles. The molecule has 25 heavy (non-hydrogen) atoms. The molecule has 2 rings (SSSR count). The first-order valence-electron chi connectivity index (χ1n) is 9.52. The molecular weight excluding hydrogens is 314 g/mol. The van der Waals surface area contributed by atoms with E-state index in [4.69, 9.17) is 0 Å². The van der Waals surface area contributed by atoms with Crippen LogP contribution in [0.15, 0.2) is 24.4 Å². The third kappa shape index (κ3) is 5.73. The summed E-state index contributed by atoms with van der Waals surface area (Å²) in [5.41, 5.74) is 0.796. The lowest BCUT2D eigenvalue weighted by Crippen LogP contribution is -2.42. The molecule has 2 atom stereocenters. The minimum absolute atomic E-state index is 0.130. The Morgan fingerprint density at radius 3 is 2.68 bits per heavy atom. The number of nitrogens with one attached hydrogen (secondary N) is 2. The zero-order valence-electron chi connectivity index (χ0n) is 15.7. The SMILES string of the molecule is CCCCCCC(C)NC(=O)NC(CCC)c1nnc2ccccn12. The molecule has 0 aliphatic heterocycles. The van der Waals surface area contributed by atoms with Crippen LogP contribution in [0.3, 0.4) is 0 Å². The van der Waals surface area contributed by atoms with Crippen LogP contribution in [-0.2, 0) is 0 Å². The van der Waals surface area contributed by atoms with Crippen molar-refractivity contribution < 1.29 is 4.79 Å². The molecule has 2 aromatic heterocycles. The number of hydrogen-bond donors (Lipinski definition) is 2. The van der Waals surface area contributed by atoms with Crippen LogP contribution in [0.5, 0.6) is 0 Å². The molecule has 2 unspecified atom stereocenters. The van der Waals surface area contributed by atoms with Crippen molar-refractivity contribution >= 4 is 11.7 Å². The van der Waals surface area contributed by atoms with E-state index in [0.717, 1.165) is 37.2 Å². The lowest BCUT2D eigenvalue weighted by Gasteiger charge is -2.20. The molecule has 2 heterocycles. The van der Waals surface area contributed by atoms with Crippen molar-refractivity contribution in [3.8, 4) is 0 Å². The molecule has 0 spiro atoms. The Bertz CT molecular complexity index is 654. The molecule has 2 aromatic rings. The average Bonchev–Trinajstić information content (AvgIpc) is 3.02. The molecule has 0 fully saturated rings. The van der Waals surface area contributed by atoms with Crippen LogP contribution < -0.4 is 10.6 Å². The highest BCUT2D eigenvalue weighted by Crippen LogP contribution is 2.17. The van der Waals surface area contributed by atoms with E-state index < -0.39 is 0 Å². The topological polar surface area (TPSA) is 71.3 Å². The summed E-state index contributed by atoms with van der Waals surface area (Å²) in [5.74, 6) is 0.781. The van der Waals surface area contributed by atoms with Gasteiger partial charge in [0.05, 0.1) is 6.04 Å².